The predicted octanol–water partition coefficient (Wildman–Crippen LogP) is 1.52. The van der Waals surface area contributed by atoms with Gasteiger partial charge in [-0.2, -0.15) is 0 Å². The Kier molecular flexibility index (Phi) is 3.77. The van der Waals surface area contributed by atoms with Crippen LogP contribution in [0.5, 0.6) is 0 Å². The molecule has 22 heavy (non-hydrogen) atoms. The largest absolute Gasteiger partial charge is 0.314 e. The van der Waals surface area contributed by atoms with Gasteiger partial charge in [-0.05, 0) is 19.1 Å². The summed E-state index contributed by atoms with van der Waals surface area (Å²) in [7, 11) is 2.00. The van der Waals surface area contributed by atoms with E-state index in [9.17, 15) is 9.59 Å². The van der Waals surface area contributed by atoms with Crippen LogP contribution in [0.15, 0.2) is 54.6 Å². The summed E-state index contributed by atoms with van der Waals surface area (Å²) in [5.41, 5.74) is 2.21. The second kappa shape index (κ2) is 5.73. The lowest BCUT2D eigenvalue weighted by Gasteiger charge is -2.25. The standard InChI is InChI=1S/C18H18N2O2/c1-13(14-8-4-3-5-9-14)19(2)12-20-17(21)15-10-6-7-11-16(15)18(20)22/h3-11,13H,12H2,1-2H3/p+1/t13-/m1/s1. The second-order valence-electron chi connectivity index (χ2n) is 5.72. The van der Waals surface area contributed by atoms with Gasteiger partial charge in [-0.1, -0.05) is 42.5 Å². The maximum Gasteiger partial charge on any atom is 0.265 e. The molecule has 3 rings (SSSR count). The number of quaternary nitrogens is 1. The fourth-order valence-electron chi connectivity index (χ4n) is 2.80. The third-order valence-electron chi connectivity index (χ3n) is 4.32. The van der Waals surface area contributed by atoms with Crippen molar-refractivity contribution >= 4 is 11.8 Å². The van der Waals surface area contributed by atoms with Crippen molar-refractivity contribution in [2.24, 2.45) is 0 Å². The number of rotatable bonds is 4. The van der Waals surface area contributed by atoms with Gasteiger partial charge in [-0.25, -0.2) is 4.90 Å². The SMILES string of the molecule is C[C@H](c1ccccc1)[NH+](C)CN1C(=O)c2ccccc2C1=O. The lowest BCUT2D eigenvalue weighted by Crippen LogP contribution is -3.10. The summed E-state index contributed by atoms with van der Waals surface area (Å²) >= 11 is 0. The predicted molar refractivity (Wildman–Crippen MR) is 83.6 cm³/mol. The van der Waals surface area contributed by atoms with E-state index in [1.54, 1.807) is 24.3 Å². The minimum absolute atomic E-state index is 0.194. The number of amides is 2. The van der Waals surface area contributed by atoms with Gasteiger partial charge in [0.25, 0.3) is 11.8 Å². The fraction of sp³-hybridized carbons (Fsp3) is 0.222. The lowest BCUT2D eigenvalue weighted by molar-refractivity contribution is -0.917. The van der Waals surface area contributed by atoms with Crippen LogP contribution in [0, 0.1) is 0 Å². The summed E-state index contributed by atoms with van der Waals surface area (Å²) < 4.78 is 0. The molecule has 0 bridgehead atoms. The molecule has 1 aliphatic heterocycles. The fourth-order valence-corrected chi connectivity index (χ4v) is 2.80. The summed E-state index contributed by atoms with van der Waals surface area (Å²) in [5, 5.41) is 0. The van der Waals surface area contributed by atoms with Gasteiger partial charge in [0.2, 0.25) is 0 Å². The highest BCUT2D eigenvalue weighted by Gasteiger charge is 2.37. The Bertz CT molecular complexity index is 677. The van der Waals surface area contributed by atoms with Gasteiger partial charge in [0.15, 0.2) is 6.67 Å². The van der Waals surface area contributed by atoms with E-state index in [2.05, 4.69) is 19.1 Å². The number of carbonyl (C=O) groups excluding carboxylic acids is 2. The van der Waals surface area contributed by atoms with Crippen LogP contribution in [0.4, 0.5) is 0 Å². The Morgan fingerprint density at radius 1 is 0.909 bits per heavy atom. The molecule has 2 aromatic carbocycles. The van der Waals surface area contributed by atoms with Crippen molar-refractivity contribution in [3.63, 3.8) is 0 Å². The highest BCUT2D eigenvalue weighted by molar-refractivity contribution is 6.21. The van der Waals surface area contributed by atoms with Crippen LogP contribution in [0.3, 0.4) is 0 Å². The normalized spacial score (nSPS) is 16.5. The van der Waals surface area contributed by atoms with E-state index in [-0.39, 0.29) is 17.9 Å². The lowest BCUT2D eigenvalue weighted by atomic mass is 10.1. The topological polar surface area (TPSA) is 41.8 Å². The van der Waals surface area contributed by atoms with Gasteiger partial charge in [0.05, 0.1) is 18.2 Å². The van der Waals surface area contributed by atoms with Gasteiger partial charge >= 0.3 is 0 Å². The summed E-state index contributed by atoms with van der Waals surface area (Å²) in [6.07, 6.45) is 0. The van der Waals surface area contributed by atoms with Crippen LogP contribution < -0.4 is 4.90 Å². The first-order valence-corrected chi connectivity index (χ1v) is 7.42. The molecular weight excluding hydrogens is 276 g/mol. The zero-order valence-electron chi connectivity index (χ0n) is 12.7. The van der Waals surface area contributed by atoms with Gasteiger partial charge in [0.1, 0.15) is 6.04 Å². The van der Waals surface area contributed by atoms with Crippen molar-refractivity contribution < 1.29 is 14.5 Å². The number of hydrogen-bond donors (Lipinski definition) is 1. The Balaban J connectivity index is 1.77. The van der Waals surface area contributed by atoms with E-state index in [1.165, 1.54) is 10.5 Å². The van der Waals surface area contributed by atoms with E-state index in [0.29, 0.717) is 17.8 Å². The molecule has 0 spiro atoms. The first-order chi connectivity index (χ1) is 10.6. The smallest absolute Gasteiger partial charge is 0.265 e. The highest BCUT2D eigenvalue weighted by atomic mass is 16.2. The molecule has 1 heterocycles. The van der Waals surface area contributed by atoms with Crippen molar-refractivity contribution in [3.05, 3.63) is 71.3 Å². The molecule has 0 aliphatic carbocycles. The quantitative estimate of drug-likeness (QED) is 0.869. The molecule has 2 amide bonds. The van der Waals surface area contributed by atoms with E-state index >= 15 is 0 Å². The maximum absolute atomic E-state index is 12.4. The summed E-state index contributed by atoms with van der Waals surface area (Å²) in [6, 6.07) is 17.3. The number of benzene rings is 2. The molecule has 0 radical (unpaired) electrons. The average Bonchev–Trinajstić information content (AvgIpc) is 2.80. The van der Waals surface area contributed by atoms with Gasteiger partial charge in [0, 0.05) is 5.56 Å². The van der Waals surface area contributed by atoms with Crippen LogP contribution in [-0.4, -0.2) is 30.4 Å². The van der Waals surface area contributed by atoms with Crippen LogP contribution in [0.2, 0.25) is 0 Å². The van der Waals surface area contributed by atoms with Gasteiger partial charge in [-0.3, -0.25) is 9.59 Å². The third-order valence-corrected chi connectivity index (χ3v) is 4.32. The molecule has 4 heteroatoms. The molecule has 2 aromatic rings. The first kappa shape index (κ1) is 14.5. The maximum atomic E-state index is 12.4. The molecule has 0 saturated heterocycles. The highest BCUT2D eigenvalue weighted by Crippen LogP contribution is 2.21. The summed E-state index contributed by atoms with van der Waals surface area (Å²) in [5.74, 6) is -0.388. The molecular formula is C18H19N2O2+. The van der Waals surface area contributed by atoms with Crippen LogP contribution in [0.25, 0.3) is 0 Å². The molecule has 0 fully saturated rings. The molecule has 1 aliphatic rings. The molecule has 1 unspecified atom stereocenters. The van der Waals surface area contributed by atoms with E-state index in [0.717, 1.165) is 4.90 Å². The second-order valence-corrected chi connectivity index (χ2v) is 5.72. The van der Waals surface area contributed by atoms with Gasteiger partial charge < -0.3 is 4.90 Å². The number of imide groups is 1. The molecule has 4 nitrogen and oxygen atoms in total. The van der Waals surface area contributed by atoms with Crippen molar-refractivity contribution in [2.45, 2.75) is 13.0 Å². The Hall–Kier alpha value is -2.46. The minimum Gasteiger partial charge on any atom is -0.314 e. The zero-order valence-corrected chi connectivity index (χ0v) is 12.7. The molecule has 0 aromatic heterocycles. The van der Waals surface area contributed by atoms with Crippen molar-refractivity contribution in [3.8, 4) is 0 Å². The van der Waals surface area contributed by atoms with Crippen molar-refractivity contribution in [1.82, 2.24) is 4.90 Å². The number of nitrogens with one attached hydrogen (secondary N) is 1. The van der Waals surface area contributed by atoms with E-state index in [1.807, 2.05) is 25.2 Å². The molecule has 1 N–H and O–H groups in total. The number of fused-ring (bicyclic) bond motifs is 1. The van der Waals surface area contributed by atoms with Gasteiger partial charge in [-0.15, -0.1) is 0 Å². The number of carbonyl (C=O) groups is 2. The Morgan fingerprint density at radius 2 is 1.41 bits per heavy atom. The number of nitrogens with zero attached hydrogens (tertiary/aromatic N) is 1. The molecule has 0 saturated carbocycles. The van der Waals surface area contributed by atoms with Crippen molar-refractivity contribution in [2.75, 3.05) is 13.7 Å². The van der Waals surface area contributed by atoms with Crippen molar-refractivity contribution in [1.29, 1.82) is 0 Å². The zero-order chi connectivity index (χ0) is 15.7. The van der Waals surface area contributed by atoms with Crippen LogP contribution in [-0.2, 0) is 0 Å². The summed E-state index contributed by atoms with van der Waals surface area (Å²) in [4.78, 5) is 27.2. The van der Waals surface area contributed by atoms with E-state index < -0.39 is 0 Å². The Morgan fingerprint density at radius 3 is 1.95 bits per heavy atom. The summed E-state index contributed by atoms with van der Waals surface area (Å²) in [6.45, 7) is 2.46. The Labute approximate surface area is 130 Å². The third kappa shape index (κ3) is 2.42. The monoisotopic (exact) mass is 295 g/mol. The van der Waals surface area contributed by atoms with Crippen LogP contribution >= 0.6 is 0 Å². The first-order valence-electron chi connectivity index (χ1n) is 7.42. The van der Waals surface area contributed by atoms with E-state index in [4.69, 9.17) is 0 Å². The number of hydrogen-bond acceptors (Lipinski definition) is 2. The molecule has 2 atom stereocenters. The minimum atomic E-state index is -0.194. The van der Waals surface area contributed by atoms with Crippen LogP contribution in [0.1, 0.15) is 39.2 Å². The molecule has 112 valence electrons. The average molecular weight is 295 g/mol.